The standard InChI is InChI=1S/C14H12Br2FNO/c1-19-11-3-5-12(15)9(6-11)8-18-10-2-4-13(16)14(17)7-10/h2-7,18H,8H2,1H3. The quantitative estimate of drug-likeness (QED) is 0.798. The van der Waals surface area contributed by atoms with E-state index in [1.54, 1.807) is 13.2 Å². The lowest BCUT2D eigenvalue weighted by molar-refractivity contribution is 0.414. The van der Waals surface area contributed by atoms with Crippen molar-refractivity contribution in [2.75, 3.05) is 12.4 Å². The first-order valence-electron chi connectivity index (χ1n) is 5.61. The zero-order valence-electron chi connectivity index (χ0n) is 10.2. The van der Waals surface area contributed by atoms with Crippen molar-refractivity contribution in [1.82, 2.24) is 0 Å². The number of anilines is 1. The molecule has 19 heavy (non-hydrogen) atoms. The number of halogens is 3. The zero-order valence-corrected chi connectivity index (χ0v) is 13.4. The third kappa shape index (κ3) is 3.70. The Kier molecular flexibility index (Phi) is 4.82. The van der Waals surface area contributed by atoms with Crippen LogP contribution in [0.15, 0.2) is 45.3 Å². The van der Waals surface area contributed by atoms with Crippen LogP contribution in [0.25, 0.3) is 0 Å². The molecule has 100 valence electrons. The van der Waals surface area contributed by atoms with E-state index in [1.165, 1.54) is 6.07 Å². The van der Waals surface area contributed by atoms with Crippen LogP contribution in [0.1, 0.15) is 5.56 Å². The summed E-state index contributed by atoms with van der Waals surface area (Å²) < 4.78 is 20.0. The zero-order chi connectivity index (χ0) is 13.8. The third-order valence-corrected chi connectivity index (χ3v) is 4.07. The van der Waals surface area contributed by atoms with Crippen LogP contribution in [0.2, 0.25) is 0 Å². The Morgan fingerprint density at radius 1 is 1.11 bits per heavy atom. The normalized spacial score (nSPS) is 10.3. The predicted molar refractivity (Wildman–Crippen MR) is 82.1 cm³/mol. The van der Waals surface area contributed by atoms with Crippen molar-refractivity contribution in [2.24, 2.45) is 0 Å². The van der Waals surface area contributed by atoms with Crippen LogP contribution in [-0.4, -0.2) is 7.11 Å². The van der Waals surface area contributed by atoms with Gasteiger partial charge >= 0.3 is 0 Å². The number of ether oxygens (including phenoxy) is 1. The van der Waals surface area contributed by atoms with Gasteiger partial charge in [-0.2, -0.15) is 0 Å². The molecule has 2 aromatic carbocycles. The van der Waals surface area contributed by atoms with Gasteiger partial charge in [0.05, 0.1) is 11.6 Å². The lowest BCUT2D eigenvalue weighted by Gasteiger charge is -2.10. The average molecular weight is 389 g/mol. The molecule has 2 nitrogen and oxygen atoms in total. The summed E-state index contributed by atoms with van der Waals surface area (Å²) in [6.45, 7) is 0.582. The molecule has 0 saturated carbocycles. The lowest BCUT2D eigenvalue weighted by atomic mass is 10.2. The van der Waals surface area contributed by atoms with E-state index in [4.69, 9.17) is 4.74 Å². The molecule has 0 amide bonds. The summed E-state index contributed by atoms with van der Waals surface area (Å²) in [7, 11) is 1.63. The van der Waals surface area contributed by atoms with Crippen LogP contribution < -0.4 is 10.1 Å². The highest BCUT2D eigenvalue weighted by Gasteiger charge is 2.04. The minimum Gasteiger partial charge on any atom is -0.497 e. The van der Waals surface area contributed by atoms with Gasteiger partial charge in [0, 0.05) is 16.7 Å². The molecule has 2 aromatic rings. The number of benzene rings is 2. The van der Waals surface area contributed by atoms with Crippen molar-refractivity contribution >= 4 is 37.5 Å². The summed E-state index contributed by atoms with van der Waals surface area (Å²) in [4.78, 5) is 0. The molecular weight excluding hydrogens is 377 g/mol. The molecule has 0 aromatic heterocycles. The maximum atomic E-state index is 13.4. The highest BCUT2D eigenvalue weighted by molar-refractivity contribution is 9.10. The average Bonchev–Trinajstić information content (AvgIpc) is 2.41. The van der Waals surface area contributed by atoms with Gasteiger partial charge in [0.2, 0.25) is 0 Å². The van der Waals surface area contributed by atoms with Crippen molar-refractivity contribution < 1.29 is 9.13 Å². The van der Waals surface area contributed by atoms with Crippen molar-refractivity contribution in [2.45, 2.75) is 6.54 Å². The molecule has 0 aliphatic rings. The monoisotopic (exact) mass is 387 g/mol. The third-order valence-electron chi connectivity index (χ3n) is 2.66. The van der Waals surface area contributed by atoms with Crippen LogP contribution in [0.4, 0.5) is 10.1 Å². The minimum atomic E-state index is -0.283. The molecule has 0 spiro atoms. The Labute approximate surface area is 128 Å². The Morgan fingerprint density at radius 2 is 1.84 bits per heavy atom. The smallest absolute Gasteiger partial charge is 0.139 e. The van der Waals surface area contributed by atoms with Gasteiger partial charge in [-0.3, -0.25) is 0 Å². The predicted octanol–water partition coefficient (Wildman–Crippen LogP) is 4.97. The number of hydrogen-bond donors (Lipinski definition) is 1. The molecule has 0 saturated heterocycles. The minimum absolute atomic E-state index is 0.283. The fraction of sp³-hybridized carbons (Fsp3) is 0.143. The van der Waals surface area contributed by atoms with E-state index >= 15 is 0 Å². The van der Waals surface area contributed by atoms with Crippen LogP contribution in [0.3, 0.4) is 0 Å². The summed E-state index contributed by atoms with van der Waals surface area (Å²) in [5.74, 6) is 0.511. The number of rotatable bonds is 4. The lowest BCUT2D eigenvalue weighted by Crippen LogP contribution is -2.01. The summed E-state index contributed by atoms with van der Waals surface area (Å²) in [5.41, 5.74) is 1.78. The van der Waals surface area contributed by atoms with Gasteiger partial charge < -0.3 is 10.1 Å². The summed E-state index contributed by atoms with van der Waals surface area (Å²) >= 11 is 6.61. The summed E-state index contributed by atoms with van der Waals surface area (Å²) in [6, 6.07) is 10.7. The highest BCUT2D eigenvalue weighted by atomic mass is 79.9. The second kappa shape index (κ2) is 6.39. The van der Waals surface area contributed by atoms with Crippen LogP contribution in [-0.2, 0) is 6.54 Å². The molecular formula is C14H12Br2FNO. The van der Waals surface area contributed by atoms with Crippen molar-refractivity contribution in [3.05, 3.63) is 56.7 Å². The number of methoxy groups -OCH3 is 1. The number of nitrogens with one attached hydrogen (secondary N) is 1. The van der Waals surface area contributed by atoms with Crippen molar-refractivity contribution in [1.29, 1.82) is 0 Å². The van der Waals surface area contributed by atoms with E-state index in [0.717, 1.165) is 21.5 Å². The Balaban J connectivity index is 2.11. The van der Waals surface area contributed by atoms with E-state index in [1.807, 2.05) is 24.3 Å². The molecule has 0 aliphatic heterocycles. The van der Waals surface area contributed by atoms with Crippen molar-refractivity contribution in [3.63, 3.8) is 0 Å². The summed E-state index contributed by atoms with van der Waals surface area (Å²) in [6.07, 6.45) is 0. The first kappa shape index (κ1) is 14.3. The fourth-order valence-corrected chi connectivity index (χ4v) is 2.25. The van der Waals surface area contributed by atoms with E-state index in [-0.39, 0.29) is 5.82 Å². The summed E-state index contributed by atoms with van der Waals surface area (Å²) in [5, 5.41) is 3.17. The van der Waals surface area contributed by atoms with Crippen molar-refractivity contribution in [3.8, 4) is 5.75 Å². The fourth-order valence-electron chi connectivity index (χ4n) is 1.62. The van der Waals surface area contributed by atoms with Gasteiger partial charge in [-0.25, -0.2) is 4.39 Å². The number of hydrogen-bond acceptors (Lipinski definition) is 2. The first-order valence-corrected chi connectivity index (χ1v) is 7.20. The molecule has 5 heteroatoms. The SMILES string of the molecule is COc1ccc(Br)c(CNc2ccc(Br)c(F)c2)c1. The van der Waals surface area contributed by atoms with Gasteiger partial charge in [0.25, 0.3) is 0 Å². The van der Waals surface area contributed by atoms with Gasteiger partial charge in [0.1, 0.15) is 11.6 Å². The van der Waals surface area contributed by atoms with E-state index in [0.29, 0.717) is 11.0 Å². The molecule has 1 N–H and O–H groups in total. The Bertz CT molecular complexity index is 590. The van der Waals surface area contributed by atoms with Gasteiger partial charge in [-0.05, 0) is 57.9 Å². The van der Waals surface area contributed by atoms with E-state index in [9.17, 15) is 4.39 Å². The maximum Gasteiger partial charge on any atom is 0.139 e. The Morgan fingerprint density at radius 3 is 2.53 bits per heavy atom. The second-order valence-electron chi connectivity index (χ2n) is 3.94. The van der Waals surface area contributed by atoms with Gasteiger partial charge in [-0.15, -0.1) is 0 Å². The molecule has 0 heterocycles. The Hall–Kier alpha value is -1.07. The van der Waals surface area contributed by atoms with Gasteiger partial charge in [-0.1, -0.05) is 15.9 Å². The van der Waals surface area contributed by atoms with E-state index < -0.39 is 0 Å². The van der Waals surface area contributed by atoms with Crippen LogP contribution in [0, 0.1) is 5.82 Å². The maximum absolute atomic E-state index is 13.4. The van der Waals surface area contributed by atoms with E-state index in [2.05, 4.69) is 37.2 Å². The topological polar surface area (TPSA) is 21.3 Å². The molecule has 0 aliphatic carbocycles. The van der Waals surface area contributed by atoms with Gasteiger partial charge in [0.15, 0.2) is 0 Å². The molecule has 2 rings (SSSR count). The molecule has 0 fully saturated rings. The molecule has 0 unspecified atom stereocenters. The highest BCUT2D eigenvalue weighted by Crippen LogP contribution is 2.24. The molecule has 0 atom stereocenters. The van der Waals surface area contributed by atoms with Crippen LogP contribution in [0.5, 0.6) is 5.75 Å². The molecule has 0 bridgehead atoms. The second-order valence-corrected chi connectivity index (χ2v) is 5.65. The molecule has 0 radical (unpaired) electrons. The largest absolute Gasteiger partial charge is 0.497 e. The van der Waals surface area contributed by atoms with Crippen LogP contribution >= 0.6 is 31.9 Å². The first-order chi connectivity index (χ1) is 9.10.